The predicted octanol–water partition coefficient (Wildman–Crippen LogP) is 10.9. The van der Waals surface area contributed by atoms with Crippen molar-refractivity contribution in [3.63, 3.8) is 0 Å². The predicted molar refractivity (Wildman–Crippen MR) is 166 cm³/mol. The van der Waals surface area contributed by atoms with Crippen LogP contribution in [-0.2, 0) is 0 Å². The third-order valence-corrected chi connectivity index (χ3v) is 8.34. The van der Waals surface area contributed by atoms with Gasteiger partial charge in [-0.3, -0.25) is 0 Å². The molecule has 8 rings (SSSR count). The van der Waals surface area contributed by atoms with E-state index in [-0.39, 0.29) is 0 Å². The Kier molecular flexibility index (Phi) is 4.72. The number of aryl methyl sites for hydroxylation is 2. The van der Waals surface area contributed by atoms with E-state index >= 15 is 0 Å². The first-order valence-electron chi connectivity index (χ1n) is 13.5. The largest absolute Gasteiger partial charge is 0.456 e. The molecule has 1 aromatic heterocycles. The minimum absolute atomic E-state index is 0.906. The second kappa shape index (κ2) is 8.31. The van der Waals surface area contributed by atoms with Crippen LogP contribution in [0.5, 0.6) is 0 Å². The Morgan fingerprint density at radius 2 is 1.00 bits per heavy atom. The third kappa shape index (κ3) is 3.26. The summed E-state index contributed by atoms with van der Waals surface area (Å²) in [5, 5.41) is 8.79. The quantitative estimate of drug-likeness (QED) is 0.221. The lowest BCUT2D eigenvalue weighted by atomic mass is 9.84. The van der Waals surface area contributed by atoms with Crippen molar-refractivity contribution in [2.24, 2.45) is 0 Å². The van der Waals surface area contributed by atoms with E-state index in [0.29, 0.717) is 0 Å². The molecular weight excluding hydrogens is 472 g/mol. The van der Waals surface area contributed by atoms with Gasteiger partial charge in [-0.15, -0.1) is 0 Å². The van der Waals surface area contributed by atoms with Gasteiger partial charge in [0.25, 0.3) is 0 Å². The van der Waals surface area contributed by atoms with Crippen molar-refractivity contribution in [1.29, 1.82) is 0 Å². The molecule has 0 aliphatic rings. The van der Waals surface area contributed by atoms with Crippen LogP contribution in [0.15, 0.2) is 126 Å². The van der Waals surface area contributed by atoms with Crippen LogP contribution in [0.2, 0.25) is 0 Å². The van der Waals surface area contributed by atoms with Gasteiger partial charge in [0.05, 0.1) is 0 Å². The molecule has 0 aliphatic heterocycles. The molecule has 1 nitrogen and oxygen atoms in total. The van der Waals surface area contributed by atoms with E-state index in [9.17, 15) is 0 Å². The minimum Gasteiger partial charge on any atom is -0.456 e. The molecule has 0 atom stereocenters. The van der Waals surface area contributed by atoms with E-state index in [1.807, 2.05) is 12.1 Å². The van der Waals surface area contributed by atoms with Crippen molar-refractivity contribution in [3.05, 3.63) is 132 Å². The maximum absolute atomic E-state index is 6.47. The molecule has 0 spiro atoms. The number of furan rings is 1. The SMILES string of the molecule is Cc1ccccc1-c1ccc2ccc3c(-c4ccccc4C)cc(-c4cc5ccccc5o4)c4ccc1c2c43. The maximum Gasteiger partial charge on any atom is 0.136 e. The Morgan fingerprint density at radius 1 is 0.410 bits per heavy atom. The fourth-order valence-electron chi connectivity index (χ4n) is 6.42. The molecule has 0 fully saturated rings. The fraction of sp³-hybridized carbons (Fsp3) is 0.0526. The molecule has 184 valence electrons. The van der Waals surface area contributed by atoms with Gasteiger partial charge in [-0.2, -0.15) is 0 Å². The standard InChI is InChI=1S/C38H26O/c1-23-9-3-6-12-27(23)29-17-15-25-16-18-31-33(28-13-7-4-10-24(28)2)22-34(32-20-19-30(29)37(25)38(31)32)36-21-26-11-5-8-14-35(26)39-36/h3-22H,1-2H3. The monoisotopic (exact) mass is 498 g/mol. The lowest BCUT2D eigenvalue weighted by Gasteiger charge is -2.19. The van der Waals surface area contributed by atoms with Crippen LogP contribution in [0.4, 0.5) is 0 Å². The second-order valence-corrected chi connectivity index (χ2v) is 10.6. The van der Waals surface area contributed by atoms with E-state index in [1.165, 1.54) is 65.7 Å². The molecule has 0 unspecified atom stereocenters. The van der Waals surface area contributed by atoms with E-state index in [1.54, 1.807) is 0 Å². The number of para-hydroxylation sites is 1. The van der Waals surface area contributed by atoms with Gasteiger partial charge >= 0.3 is 0 Å². The van der Waals surface area contributed by atoms with Crippen molar-refractivity contribution in [2.75, 3.05) is 0 Å². The van der Waals surface area contributed by atoms with Crippen LogP contribution in [0.1, 0.15) is 11.1 Å². The first-order valence-corrected chi connectivity index (χ1v) is 13.5. The minimum atomic E-state index is 0.906. The van der Waals surface area contributed by atoms with Gasteiger partial charge < -0.3 is 4.42 Å². The summed E-state index contributed by atoms with van der Waals surface area (Å²) in [5.74, 6) is 0.906. The summed E-state index contributed by atoms with van der Waals surface area (Å²) in [6.45, 7) is 4.40. The van der Waals surface area contributed by atoms with Crippen LogP contribution in [0.25, 0.3) is 76.9 Å². The van der Waals surface area contributed by atoms with Crippen molar-refractivity contribution >= 4 is 43.3 Å². The van der Waals surface area contributed by atoms with E-state index in [2.05, 4.69) is 123 Å². The van der Waals surface area contributed by atoms with Crippen LogP contribution >= 0.6 is 0 Å². The summed E-state index contributed by atoms with van der Waals surface area (Å²) in [4.78, 5) is 0. The normalized spacial score (nSPS) is 11.8. The Balaban J connectivity index is 1.55. The lowest BCUT2D eigenvalue weighted by Crippen LogP contribution is -1.93. The van der Waals surface area contributed by atoms with Gasteiger partial charge in [0.15, 0.2) is 0 Å². The number of benzene rings is 7. The van der Waals surface area contributed by atoms with Gasteiger partial charge in [0.2, 0.25) is 0 Å². The summed E-state index contributed by atoms with van der Waals surface area (Å²) >= 11 is 0. The molecule has 0 radical (unpaired) electrons. The molecule has 0 amide bonds. The molecule has 39 heavy (non-hydrogen) atoms. The van der Waals surface area contributed by atoms with Gasteiger partial charge in [0, 0.05) is 10.9 Å². The van der Waals surface area contributed by atoms with E-state index in [0.717, 1.165) is 22.3 Å². The van der Waals surface area contributed by atoms with Gasteiger partial charge in [-0.25, -0.2) is 0 Å². The van der Waals surface area contributed by atoms with Crippen LogP contribution in [0.3, 0.4) is 0 Å². The highest BCUT2D eigenvalue weighted by atomic mass is 16.3. The molecule has 8 aromatic rings. The van der Waals surface area contributed by atoms with Gasteiger partial charge in [-0.1, -0.05) is 103 Å². The zero-order valence-electron chi connectivity index (χ0n) is 22.0. The number of rotatable bonds is 3. The summed E-state index contributed by atoms with van der Waals surface area (Å²) < 4.78 is 6.47. The second-order valence-electron chi connectivity index (χ2n) is 10.6. The number of hydrogen-bond acceptors (Lipinski definition) is 1. The van der Waals surface area contributed by atoms with Gasteiger partial charge in [-0.05, 0) is 97.7 Å². The smallest absolute Gasteiger partial charge is 0.136 e. The molecule has 0 N–H and O–H groups in total. The molecule has 1 heterocycles. The first kappa shape index (κ1) is 22.1. The zero-order chi connectivity index (χ0) is 26.1. The molecule has 0 saturated carbocycles. The molecule has 7 aromatic carbocycles. The van der Waals surface area contributed by atoms with Crippen molar-refractivity contribution in [3.8, 4) is 33.6 Å². The van der Waals surface area contributed by atoms with Crippen molar-refractivity contribution < 1.29 is 4.42 Å². The first-order chi connectivity index (χ1) is 19.2. The van der Waals surface area contributed by atoms with Crippen molar-refractivity contribution in [1.82, 2.24) is 0 Å². The Morgan fingerprint density at radius 3 is 1.74 bits per heavy atom. The molecule has 1 heteroatoms. The summed E-state index contributed by atoms with van der Waals surface area (Å²) in [7, 11) is 0. The molecule has 0 aliphatic carbocycles. The highest BCUT2D eigenvalue weighted by molar-refractivity contribution is 6.30. The summed E-state index contributed by atoms with van der Waals surface area (Å²) in [5.41, 5.74) is 9.66. The molecular formula is C38H26O. The highest BCUT2D eigenvalue weighted by Crippen LogP contribution is 2.47. The van der Waals surface area contributed by atoms with Crippen LogP contribution in [-0.4, -0.2) is 0 Å². The average molecular weight is 499 g/mol. The topological polar surface area (TPSA) is 13.1 Å². The van der Waals surface area contributed by atoms with Crippen LogP contribution in [0, 0.1) is 13.8 Å². The van der Waals surface area contributed by atoms with Gasteiger partial charge in [0.1, 0.15) is 11.3 Å². The van der Waals surface area contributed by atoms with E-state index in [4.69, 9.17) is 4.42 Å². The molecule has 0 bridgehead atoms. The maximum atomic E-state index is 6.47. The summed E-state index contributed by atoms with van der Waals surface area (Å²) in [6, 6.07) is 43.9. The highest BCUT2D eigenvalue weighted by Gasteiger charge is 2.20. The zero-order valence-corrected chi connectivity index (χ0v) is 22.0. The molecule has 0 saturated heterocycles. The van der Waals surface area contributed by atoms with E-state index < -0.39 is 0 Å². The summed E-state index contributed by atoms with van der Waals surface area (Å²) in [6.07, 6.45) is 0. The fourth-order valence-corrected chi connectivity index (χ4v) is 6.42. The Labute approximate surface area is 227 Å². The lowest BCUT2D eigenvalue weighted by molar-refractivity contribution is 0.632. The van der Waals surface area contributed by atoms with Crippen molar-refractivity contribution in [2.45, 2.75) is 13.8 Å². The number of hydrogen-bond donors (Lipinski definition) is 0. The third-order valence-electron chi connectivity index (χ3n) is 8.34. The van der Waals surface area contributed by atoms with Crippen LogP contribution < -0.4 is 0 Å². The number of fused-ring (bicyclic) bond motifs is 1. The average Bonchev–Trinajstić information content (AvgIpc) is 3.40. The Bertz CT molecular complexity index is 2160. The Hall–Kier alpha value is -4.88.